The number of fused-ring (bicyclic) bond motifs is 5. The van der Waals surface area contributed by atoms with Crippen molar-refractivity contribution in [1.82, 2.24) is 5.01 Å². The number of hydrogen-bond acceptors (Lipinski definition) is 4. The number of hydrogen-bond donors (Lipinski definition) is 0. The molecule has 2 heterocycles. The zero-order valence-electron chi connectivity index (χ0n) is 14.0. The van der Waals surface area contributed by atoms with Crippen LogP contribution in [0, 0.1) is 23.7 Å². The molecule has 5 nitrogen and oxygen atoms in total. The maximum Gasteiger partial charge on any atom is 0.254 e. The fourth-order valence-electron chi connectivity index (χ4n) is 4.34. The molecule has 0 spiro atoms. The van der Waals surface area contributed by atoms with Crippen LogP contribution >= 0.6 is 23.2 Å². The van der Waals surface area contributed by atoms with Gasteiger partial charge < -0.3 is 4.42 Å². The van der Waals surface area contributed by atoms with Gasteiger partial charge in [-0.2, -0.15) is 10.1 Å². The molecule has 3 aliphatic rings. The van der Waals surface area contributed by atoms with Crippen LogP contribution in [0.1, 0.15) is 12.2 Å². The standard InChI is InChI=1S/C20H14Cl2N2O3/c21-14-5-3-10(8-15(14)22)16-6-4-13(27-16)9-23-24-19(25)17-11-1-2-12(7-11)18(17)20(24)26/h1-6,8-9,11-12,17-18H,7H2/b23-9-/t11-,12-,17-,18-/m0/s1. The Morgan fingerprint density at radius 3 is 2.37 bits per heavy atom. The van der Waals surface area contributed by atoms with Crippen molar-refractivity contribution in [2.24, 2.45) is 28.8 Å². The van der Waals surface area contributed by atoms with Crippen molar-refractivity contribution >= 4 is 41.2 Å². The molecule has 2 aromatic rings. The van der Waals surface area contributed by atoms with E-state index < -0.39 is 0 Å². The highest BCUT2D eigenvalue weighted by molar-refractivity contribution is 6.42. The Labute approximate surface area is 165 Å². The summed E-state index contributed by atoms with van der Waals surface area (Å²) in [5.74, 6) is 0.427. The molecule has 0 unspecified atom stereocenters. The van der Waals surface area contributed by atoms with Gasteiger partial charge in [-0.25, -0.2) is 0 Å². The Balaban J connectivity index is 1.36. The largest absolute Gasteiger partial charge is 0.455 e. The number of nitrogens with zero attached hydrogens (tertiary/aromatic N) is 2. The van der Waals surface area contributed by atoms with Crippen LogP contribution in [-0.2, 0) is 9.59 Å². The summed E-state index contributed by atoms with van der Waals surface area (Å²) in [5, 5.41) is 6.02. The predicted molar refractivity (Wildman–Crippen MR) is 101 cm³/mol. The average molecular weight is 401 g/mol. The Morgan fingerprint density at radius 1 is 1.00 bits per heavy atom. The number of carbonyl (C=O) groups is 2. The summed E-state index contributed by atoms with van der Waals surface area (Å²) in [6.07, 6.45) is 6.41. The Morgan fingerprint density at radius 2 is 1.70 bits per heavy atom. The molecular formula is C20H14Cl2N2O3. The Bertz CT molecular complexity index is 996. The van der Waals surface area contributed by atoms with Crippen molar-refractivity contribution in [2.45, 2.75) is 6.42 Å². The molecular weight excluding hydrogens is 387 g/mol. The van der Waals surface area contributed by atoms with Crippen molar-refractivity contribution in [3.8, 4) is 11.3 Å². The van der Waals surface area contributed by atoms with Crippen LogP contribution in [0.5, 0.6) is 0 Å². The second kappa shape index (κ2) is 6.08. The summed E-state index contributed by atoms with van der Waals surface area (Å²) in [5.41, 5.74) is 0.773. The van der Waals surface area contributed by atoms with E-state index >= 15 is 0 Å². The molecule has 1 aromatic heterocycles. The lowest BCUT2D eigenvalue weighted by Crippen LogP contribution is -2.28. The highest BCUT2D eigenvalue weighted by Crippen LogP contribution is 2.52. The van der Waals surface area contributed by atoms with E-state index in [0.29, 0.717) is 21.6 Å². The molecule has 1 saturated carbocycles. The van der Waals surface area contributed by atoms with E-state index in [4.69, 9.17) is 27.6 Å². The number of halogens is 2. The lowest BCUT2D eigenvalue weighted by Gasteiger charge is -2.13. The van der Waals surface area contributed by atoms with E-state index in [1.165, 1.54) is 6.21 Å². The summed E-state index contributed by atoms with van der Waals surface area (Å²) in [6.45, 7) is 0. The van der Waals surface area contributed by atoms with Gasteiger partial charge in [-0.3, -0.25) is 9.59 Å². The van der Waals surface area contributed by atoms with E-state index in [2.05, 4.69) is 17.3 Å². The topological polar surface area (TPSA) is 62.9 Å². The highest BCUT2D eigenvalue weighted by Gasteiger charge is 2.59. The summed E-state index contributed by atoms with van der Waals surface area (Å²) < 4.78 is 5.73. The molecule has 2 bridgehead atoms. The monoisotopic (exact) mass is 400 g/mol. The molecule has 4 atom stereocenters. The molecule has 1 aromatic carbocycles. The first-order valence-electron chi connectivity index (χ1n) is 8.68. The molecule has 2 amide bonds. The Kier molecular flexibility index (Phi) is 3.78. The molecule has 1 saturated heterocycles. The second-order valence-electron chi connectivity index (χ2n) is 7.06. The molecule has 2 aliphatic carbocycles. The number of benzene rings is 1. The predicted octanol–water partition coefficient (Wildman–Crippen LogP) is 4.39. The van der Waals surface area contributed by atoms with Crippen LogP contribution in [-0.4, -0.2) is 23.0 Å². The van der Waals surface area contributed by atoms with Crippen LogP contribution in [0.25, 0.3) is 11.3 Å². The van der Waals surface area contributed by atoms with Crippen LogP contribution in [0.4, 0.5) is 0 Å². The van der Waals surface area contributed by atoms with Gasteiger partial charge in [0.1, 0.15) is 11.5 Å². The third-order valence-corrected chi connectivity index (χ3v) is 6.32. The number of amides is 2. The fraction of sp³-hybridized carbons (Fsp3) is 0.250. The van der Waals surface area contributed by atoms with Gasteiger partial charge in [-0.1, -0.05) is 35.4 Å². The van der Waals surface area contributed by atoms with Crippen LogP contribution in [0.15, 0.2) is 52.0 Å². The first kappa shape index (κ1) is 16.8. The molecule has 0 radical (unpaired) electrons. The van der Waals surface area contributed by atoms with Gasteiger partial charge in [-0.15, -0.1) is 0 Å². The average Bonchev–Trinajstić information content (AvgIpc) is 3.41. The van der Waals surface area contributed by atoms with Gasteiger partial charge >= 0.3 is 0 Å². The quantitative estimate of drug-likeness (QED) is 0.435. The summed E-state index contributed by atoms with van der Waals surface area (Å²) in [4.78, 5) is 25.2. The van der Waals surface area contributed by atoms with Gasteiger partial charge in [-0.05, 0) is 48.6 Å². The maximum atomic E-state index is 12.6. The lowest BCUT2D eigenvalue weighted by molar-refractivity contribution is -0.140. The van der Waals surface area contributed by atoms with Crippen LogP contribution in [0.3, 0.4) is 0 Å². The third kappa shape index (κ3) is 2.57. The van der Waals surface area contributed by atoms with Crippen molar-refractivity contribution in [3.63, 3.8) is 0 Å². The van der Waals surface area contributed by atoms with Crippen molar-refractivity contribution in [3.05, 3.63) is 58.3 Å². The summed E-state index contributed by atoms with van der Waals surface area (Å²) in [7, 11) is 0. The van der Waals surface area contributed by atoms with Crippen molar-refractivity contribution in [1.29, 1.82) is 0 Å². The smallest absolute Gasteiger partial charge is 0.254 e. The lowest BCUT2D eigenvalue weighted by atomic mass is 9.85. The summed E-state index contributed by atoms with van der Waals surface area (Å²) >= 11 is 12.0. The van der Waals surface area contributed by atoms with E-state index in [1.54, 1.807) is 30.3 Å². The minimum atomic E-state index is -0.256. The van der Waals surface area contributed by atoms with Crippen molar-refractivity contribution in [2.75, 3.05) is 0 Å². The maximum absolute atomic E-state index is 12.6. The number of hydrazone groups is 1. The van der Waals surface area contributed by atoms with Gasteiger partial charge in [0.2, 0.25) is 0 Å². The minimum Gasteiger partial charge on any atom is -0.455 e. The van der Waals surface area contributed by atoms with Crippen molar-refractivity contribution < 1.29 is 14.0 Å². The second-order valence-corrected chi connectivity index (χ2v) is 7.88. The van der Waals surface area contributed by atoms with Gasteiger partial charge in [0.15, 0.2) is 0 Å². The third-order valence-electron chi connectivity index (χ3n) is 5.58. The van der Waals surface area contributed by atoms with Crippen LogP contribution in [0.2, 0.25) is 10.0 Å². The minimum absolute atomic E-state index is 0.168. The molecule has 136 valence electrons. The number of carbonyl (C=O) groups excluding carboxylic acids is 2. The van der Waals surface area contributed by atoms with Gasteiger partial charge in [0, 0.05) is 5.56 Å². The number of imide groups is 1. The van der Waals surface area contributed by atoms with Crippen LogP contribution < -0.4 is 0 Å². The molecule has 2 fully saturated rings. The molecule has 0 N–H and O–H groups in total. The molecule has 27 heavy (non-hydrogen) atoms. The zero-order valence-corrected chi connectivity index (χ0v) is 15.5. The van der Waals surface area contributed by atoms with Gasteiger partial charge in [0.05, 0.1) is 28.1 Å². The zero-order chi connectivity index (χ0) is 18.7. The molecule has 1 aliphatic heterocycles. The molecule has 5 rings (SSSR count). The molecule has 7 heteroatoms. The van der Waals surface area contributed by atoms with E-state index in [1.807, 2.05) is 0 Å². The first-order valence-corrected chi connectivity index (χ1v) is 9.44. The normalized spacial score (nSPS) is 28.7. The fourth-order valence-corrected chi connectivity index (χ4v) is 4.64. The SMILES string of the molecule is O=C1[C@@H]2[C@@H](C(=O)N1/N=C\c1ccc(-c3ccc(Cl)c(Cl)c3)o1)[C@H]1C=C[C@H]2C1. The van der Waals surface area contributed by atoms with Gasteiger partial charge in [0.25, 0.3) is 11.8 Å². The van der Waals surface area contributed by atoms with E-state index in [0.717, 1.165) is 17.0 Å². The summed E-state index contributed by atoms with van der Waals surface area (Å²) in [6, 6.07) is 8.69. The number of allylic oxidation sites excluding steroid dienone is 2. The number of furan rings is 1. The number of rotatable bonds is 3. The Hall–Kier alpha value is -2.37. The highest BCUT2D eigenvalue weighted by atomic mass is 35.5. The van der Waals surface area contributed by atoms with E-state index in [9.17, 15) is 9.59 Å². The van der Waals surface area contributed by atoms with E-state index in [-0.39, 0.29) is 35.5 Å². The first-order chi connectivity index (χ1) is 13.0.